The van der Waals surface area contributed by atoms with E-state index in [9.17, 15) is 4.79 Å². The van der Waals surface area contributed by atoms with Crippen LogP contribution in [0.1, 0.15) is 12.8 Å². The maximum Gasteiger partial charge on any atom is 0.227 e. The average molecular weight is 279 g/mol. The Kier molecular flexibility index (Phi) is 5.54. The molecule has 1 aromatic rings. The fourth-order valence-electron chi connectivity index (χ4n) is 2.23. The van der Waals surface area contributed by atoms with Crippen LogP contribution in [0.15, 0.2) is 29.2 Å². The first-order valence-electron chi connectivity index (χ1n) is 6.70. The fourth-order valence-corrected chi connectivity index (χ4v) is 3.00. The number of piperidine rings is 1. The van der Waals surface area contributed by atoms with E-state index in [1.165, 1.54) is 24.6 Å². The fraction of sp³-hybridized carbons (Fsp3) is 0.500. The summed E-state index contributed by atoms with van der Waals surface area (Å²) in [6.45, 7) is 3.23. The Morgan fingerprint density at radius 2 is 2.11 bits per heavy atom. The number of nitrogens with two attached hydrogens (primary N) is 1. The second kappa shape index (κ2) is 7.40. The number of hydrogen-bond acceptors (Lipinski definition) is 4. The Balaban J connectivity index is 1.89. The molecular weight excluding hydrogens is 258 g/mol. The molecule has 1 fully saturated rings. The van der Waals surface area contributed by atoms with Gasteiger partial charge in [0, 0.05) is 17.1 Å². The van der Waals surface area contributed by atoms with Gasteiger partial charge in [-0.15, -0.1) is 11.8 Å². The maximum atomic E-state index is 10.9. The van der Waals surface area contributed by atoms with E-state index in [-0.39, 0.29) is 5.91 Å². The van der Waals surface area contributed by atoms with E-state index in [0.717, 1.165) is 36.1 Å². The van der Waals surface area contributed by atoms with Crippen molar-refractivity contribution in [2.45, 2.75) is 17.7 Å². The number of hydrogen-bond donors (Lipinski definition) is 3. The molecule has 0 atom stereocenters. The molecule has 4 nitrogen and oxygen atoms in total. The van der Waals surface area contributed by atoms with Crippen LogP contribution in [-0.4, -0.2) is 31.3 Å². The van der Waals surface area contributed by atoms with E-state index in [4.69, 9.17) is 5.73 Å². The van der Waals surface area contributed by atoms with Gasteiger partial charge in [-0.25, -0.2) is 0 Å². The van der Waals surface area contributed by atoms with Gasteiger partial charge >= 0.3 is 0 Å². The van der Waals surface area contributed by atoms with E-state index in [1.54, 1.807) is 0 Å². The third-order valence-corrected chi connectivity index (χ3v) is 4.39. The summed E-state index contributed by atoms with van der Waals surface area (Å²) in [7, 11) is 0. The van der Waals surface area contributed by atoms with Crippen molar-refractivity contribution < 1.29 is 4.79 Å². The summed E-state index contributed by atoms with van der Waals surface area (Å²) in [4.78, 5) is 12.0. The molecule has 1 amide bonds. The quantitative estimate of drug-likeness (QED) is 0.693. The molecule has 1 aliphatic heterocycles. The lowest BCUT2D eigenvalue weighted by atomic mass is 9.98. The first-order valence-corrected chi connectivity index (χ1v) is 7.69. The number of carbonyl (C=O) groups excluding carboxylic acids is 1. The minimum atomic E-state index is -0.279. The summed E-state index contributed by atoms with van der Waals surface area (Å²) in [5.74, 6) is 0.778. The van der Waals surface area contributed by atoms with Gasteiger partial charge in [-0.2, -0.15) is 0 Å². The van der Waals surface area contributed by atoms with Crippen molar-refractivity contribution in [3.05, 3.63) is 24.3 Å². The van der Waals surface area contributed by atoms with Crippen molar-refractivity contribution >= 4 is 23.4 Å². The molecule has 0 aliphatic carbocycles. The van der Waals surface area contributed by atoms with Gasteiger partial charge in [-0.1, -0.05) is 12.1 Å². The van der Waals surface area contributed by atoms with Crippen LogP contribution in [0.3, 0.4) is 0 Å². The zero-order chi connectivity index (χ0) is 13.5. The minimum Gasteiger partial charge on any atom is -0.384 e. The molecule has 0 bridgehead atoms. The smallest absolute Gasteiger partial charge is 0.227 e. The average Bonchev–Trinajstić information content (AvgIpc) is 2.45. The molecule has 1 aliphatic rings. The molecule has 0 aromatic heterocycles. The predicted molar refractivity (Wildman–Crippen MR) is 80.4 cm³/mol. The summed E-state index contributed by atoms with van der Waals surface area (Å²) >= 11 is 1.49. The van der Waals surface area contributed by atoms with Crippen molar-refractivity contribution in [2.24, 2.45) is 11.7 Å². The normalized spacial score (nSPS) is 16.2. The van der Waals surface area contributed by atoms with E-state index >= 15 is 0 Å². The van der Waals surface area contributed by atoms with Crippen molar-refractivity contribution in [3.63, 3.8) is 0 Å². The van der Waals surface area contributed by atoms with E-state index in [0.29, 0.717) is 5.75 Å². The Labute approximate surface area is 118 Å². The zero-order valence-electron chi connectivity index (χ0n) is 11.0. The van der Waals surface area contributed by atoms with Crippen LogP contribution in [0.25, 0.3) is 0 Å². The molecule has 0 spiro atoms. The van der Waals surface area contributed by atoms with Crippen LogP contribution < -0.4 is 16.4 Å². The minimum absolute atomic E-state index is 0.279. The lowest BCUT2D eigenvalue weighted by molar-refractivity contribution is -0.115. The van der Waals surface area contributed by atoms with Crippen molar-refractivity contribution in [2.75, 3.05) is 30.7 Å². The summed E-state index contributed by atoms with van der Waals surface area (Å²) in [5, 5.41) is 6.88. The maximum absolute atomic E-state index is 10.9. The van der Waals surface area contributed by atoms with Crippen LogP contribution in [0.2, 0.25) is 0 Å². The van der Waals surface area contributed by atoms with Crippen LogP contribution in [0, 0.1) is 5.92 Å². The topological polar surface area (TPSA) is 67.2 Å². The first kappa shape index (κ1) is 14.2. The number of thioether (sulfide) groups is 1. The molecule has 1 saturated heterocycles. The molecule has 4 N–H and O–H groups in total. The highest BCUT2D eigenvalue weighted by atomic mass is 32.2. The molecule has 2 rings (SSSR count). The lowest BCUT2D eigenvalue weighted by Crippen LogP contribution is -2.31. The van der Waals surface area contributed by atoms with Crippen molar-refractivity contribution in [3.8, 4) is 0 Å². The number of carbonyl (C=O) groups is 1. The molecule has 0 radical (unpaired) electrons. The van der Waals surface area contributed by atoms with Gasteiger partial charge in [0.25, 0.3) is 0 Å². The number of primary amides is 1. The highest BCUT2D eigenvalue weighted by molar-refractivity contribution is 8.00. The van der Waals surface area contributed by atoms with Gasteiger partial charge in [-0.3, -0.25) is 4.79 Å². The molecule has 0 saturated carbocycles. The Morgan fingerprint density at radius 3 is 2.84 bits per heavy atom. The summed E-state index contributed by atoms with van der Waals surface area (Å²) in [6, 6.07) is 8.08. The number of anilines is 1. The Morgan fingerprint density at radius 1 is 1.37 bits per heavy atom. The van der Waals surface area contributed by atoms with Gasteiger partial charge in [0.1, 0.15) is 0 Å². The summed E-state index contributed by atoms with van der Waals surface area (Å²) < 4.78 is 0. The first-order chi connectivity index (χ1) is 9.25. The van der Waals surface area contributed by atoms with Crippen LogP contribution in [0.5, 0.6) is 0 Å². The predicted octanol–water partition coefficient (Wildman–Crippen LogP) is 1.68. The van der Waals surface area contributed by atoms with Crippen LogP contribution in [-0.2, 0) is 4.79 Å². The number of amides is 1. The van der Waals surface area contributed by atoms with Crippen molar-refractivity contribution in [1.82, 2.24) is 5.32 Å². The number of para-hydroxylation sites is 1. The van der Waals surface area contributed by atoms with Crippen LogP contribution >= 0.6 is 11.8 Å². The third kappa shape index (κ3) is 4.76. The lowest BCUT2D eigenvalue weighted by Gasteiger charge is -2.23. The van der Waals surface area contributed by atoms with Gasteiger partial charge in [-0.05, 0) is 44.0 Å². The second-order valence-electron chi connectivity index (χ2n) is 4.83. The molecule has 19 heavy (non-hydrogen) atoms. The van der Waals surface area contributed by atoms with Crippen molar-refractivity contribution in [1.29, 1.82) is 0 Å². The van der Waals surface area contributed by atoms with Gasteiger partial charge in [0.05, 0.1) is 5.75 Å². The highest BCUT2D eigenvalue weighted by Gasteiger charge is 2.13. The Hall–Kier alpha value is -1.20. The molecule has 104 valence electrons. The second-order valence-corrected chi connectivity index (χ2v) is 5.84. The molecule has 0 unspecified atom stereocenters. The van der Waals surface area contributed by atoms with E-state index in [1.807, 2.05) is 18.2 Å². The molecular formula is C14H21N3OS. The SMILES string of the molecule is NC(=O)CSc1ccccc1NCC1CCNCC1. The monoisotopic (exact) mass is 279 g/mol. The third-order valence-electron chi connectivity index (χ3n) is 3.30. The summed E-state index contributed by atoms with van der Waals surface area (Å²) in [5.41, 5.74) is 6.30. The van der Waals surface area contributed by atoms with Gasteiger partial charge < -0.3 is 16.4 Å². The van der Waals surface area contributed by atoms with Crippen LogP contribution in [0.4, 0.5) is 5.69 Å². The molecule has 5 heteroatoms. The summed E-state index contributed by atoms with van der Waals surface area (Å²) in [6.07, 6.45) is 2.45. The number of nitrogens with one attached hydrogen (secondary N) is 2. The highest BCUT2D eigenvalue weighted by Crippen LogP contribution is 2.27. The van der Waals surface area contributed by atoms with Gasteiger partial charge in [0.15, 0.2) is 0 Å². The largest absolute Gasteiger partial charge is 0.384 e. The van der Waals surface area contributed by atoms with Gasteiger partial charge in [0.2, 0.25) is 5.91 Å². The molecule has 1 heterocycles. The number of benzene rings is 1. The van der Waals surface area contributed by atoms with E-state index in [2.05, 4.69) is 16.7 Å². The van der Waals surface area contributed by atoms with E-state index < -0.39 is 0 Å². The number of rotatable bonds is 6. The standard InChI is InChI=1S/C14H21N3OS/c15-14(18)10-19-13-4-2-1-3-12(13)17-9-11-5-7-16-8-6-11/h1-4,11,16-17H,5-10H2,(H2,15,18). The molecule has 1 aromatic carbocycles. The Bertz CT molecular complexity index is 419. The zero-order valence-corrected chi connectivity index (χ0v) is 11.8.